The average molecular weight is 436 g/mol. The molecule has 6 N–H and O–H groups in total. The third-order valence-electron chi connectivity index (χ3n) is 3.95. The first-order valence-corrected chi connectivity index (χ1v) is 10.3. The van der Waals surface area contributed by atoms with Gasteiger partial charge in [-0.3, -0.25) is 9.59 Å². The predicted octanol–water partition coefficient (Wildman–Crippen LogP) is 1.13. The number of ether oxygens (including phenoxy) is 1. The van der Waals surface area contributed by atoms with Crippen molar-refractivity contribution in [1.82, 2.24) is 15.3 Å². The van der Waals surface area contributed by atoms with Gasteiger partial charge in [0.1, 0.15) is 6.04 Å². The van der Waals surface area contributed by atoms with Crippen molar-refractivity contribution in [2.24, 2.45) is 0 Å². The molecule has 0 bridgehead atoms. The number of rotatable bonds is 12. The summed E-state index contributed by atoms with van der Waals surface area (Å²) in [7, 11) is 1.63. The van der Waals surface area contributed by atoms with Crippen LogP contribution in [0.25, 0.3) is 0 Å². The molecule has 2 amide bonds. The van der Waals surface area contributed by atoms with Crippen molar-refractivity contribution in [1.29, 1.82) is 0 Å². The zero-order valence-corrected chi connectivity index (χ0v) is 17.3. The van der Waals surface area contributed by atoms with Crippen LogP contribution in [0.1, 0.15) is 22.5 Å². The summed E-state index contributed by atoms with van der Waals surface area (Å²) < 4.78 is 4.96. The Balaban J connectivity index is 1.98. The van der Waals surface area contributed by atoms with Gasteiger partial charge in [-0.05, 0) is 30.4 Å². The van der Waals surface area contributed by atoms with E-state index in [1.807, 2.05) is 0 Å². The summed E-state index contributed by atoms with van der Waals surface area (Å²) in [4.78, 5) is 42.8. The van der Waals surface area contributed by atoms with Crippen molar-refractivity contribution in [2.75, 3.05) is 36.3 Å². The first-order valence-electron chi connectivity index (χ1n) is 9.17. The van der Waals surface area contributed by atoms with Gasteiger partial charge >= 0.3 is 5.97 Å². The van der Waals surface area contributed by atoms with Crippen LogP contribution in [0.2, 0.25) is 0 Å². The molecule has 0 fully saturated rings. The van der Waals surface area contributed by atoms with Crippen molar-refractivity contribution in [3.8, 4) is 0 Å². The highest BCUT2D eigenvalue weighted by atomic mass is 32.2. The first kappa shape index (κ1) is 23.2. The van der Waals surface area contributed by atoms with Crippen LogP contribution in [0, 0.1) is 0 Å². The van der Waals surface area contributed by atoms with Crippen molar-refractivity contribution < 1.29 is 24.2 Å². The molecule has 11 heteroatoms. The number of nitrogens with two attached hydrogens (primary N) is 1. The molecule has 0 aliphatic rings. The number of hydrogen-bond acceptors (Lipinski definition) is 7. The van der Waals surface area contributed by atoms with E-state index in [0.29, 0.717) is 18.0 Å². The maximum absolute atomic E-state index is 12.6. The number of carboxylic acids is 1. The fraction of sp³-hybridized carbons (Fsp3) is 0.368. The Kier molecular flexibility index (Phi) is 9.16. The van der Waals surface area contributed by atoms with E-state index in [0.717, 1.165) is 12.2 Å². The van der Waals surface area contributed by atoms with Gasteiger partial charge < -0.3 is 31.2 Å². The maximum atomic E-state index is 12.6. The lowest BCUT2D eigenvalue weighted by atomic mass is 10.1. The number of nitrogens with one attached hydrogen (secondary N) is 3. The number of anilines is 2. The van der Waals surface area contributed by atoms with Crippen LogP contribution in [0.15, 0.2) is 30.7 Å². The van der Waals surface area contributed by atoms with E-state index in [1.165, 1.54) is 42.5 Å². The van der Waals surface area contributed by atoms with Crippen LogP contribution in [0.3, 0.4) is 0 Å². The van der Waals surface area contributed by atoms with Gasteiger partial charge in [0.15, 0.2) is 0 Å². The highest BCUT2D eigenvalue weighted by Gasteiger charge is 2.22. The highest BCUT2D eigenvalue weighted by Crippen LogP contribution is 2.18. The Morgan fingerprint density at radius 3 is 2.80 bits per heavy atom. The van der Waals surface area contributed by atoms with Crippen molar-refractivity contribution >= 4 is 40.9 Å². The molecular weight excluding hydrogens is 410 g/mol. The molecular formula is C19H25N5O5S. The number of aliphatic carboxylic acids is 1. The van der Waals surface area contributed by atoms with Gasteiger partial charge in [0, 0.05) is 49.0 Å². The van der Waals surface area contributed by atoms with Gasteiger partial charge in [0.2, 0.25) is 5.91 Å². The van der Waals surface area contributed by atoms with Crippen LogP contribution in [0.4, 0.5) is 11.4 Å². The number of aromatic nitrogens is 2. The number of methoxy groups -OCH3 is 1. The smallest absolute Gasteiger partial charge is 0.326 e. The van der Waals surface area contributed by atoms with Crippen LogP contribution in [0.5, 0.6) is 0 Å². The molecule has 0 aliphatic carbocycles. The highest BCUT2D eigenvalue weighted by molar-refractivity contribution is 7.99. The summed E-state index contributed by atoms with van der Waals surface area (Å²) in [6.45, 7) is 0.639. The molecule has 10 nitrogen and oxygen atoms in total. The number of thioether (sulfide) groups is 1. The van der Waals surface area contributed by atoms with Crippen molar-refractivity contribution in [3.05, 3.63) is 42.0 Å². The van der Waals surface area contributed by atoms with E-state index >= 15 is 0 Å². The fourth-order valence-corrected chi connectivity index (χ4v) is 3.30. The Labute approximate surface area is 178 Å². The number of nitrogens with zero attached hydrogens (tertiary/aromatic N) is 1. The molecule has 162 valence electrons. The molecule has 0 radical (unpaired) electrons. The summed E-state index contributed by atoms with van der Waals surface area (Å²) in [6, 6.07) is 3.25. The molecule has 1 unspecified atom stereocenters. The molecule has 0 aliphatic heterocycles. The monoisotopic (exact) mass is 435 g/mol. The number of carboxylic acid groups (broad SMARTS) is 1. The molecule has 1 heterocycles. The lowest BCUT2D eigenvalue weighted by Crippen LogP contribution is -2.42. The van der Waals surface area contributed by atoms with E-state index in [4.69, 9.17) is 10.5 Å². The SMILES string of the molecule is COCCCSCC(=O)Nc1cc(N)cc(C(=O)NC(Cc2cnc[nH]2)C(=O)O)c1. The van der Waals surface area contributed by atoms with E-state index < -0.39 is 17.9 Å². The number of carbonyl (C=O) groups is 3. The predicted molar refractivity (Wildman–Crippen MR) is 114 cm³/mol. The Morgan fingerprint density at radius 1 is 1.33 bits per heavy atom. The molecule has 0 saturated heterocycles. The van der Waals surface area contributed by atoms with Gasteiger partial charge in [-0.1, -0.05) is 0 Å². The van der Waals surface area contributed by atoms with Crippen molar-refractivity contribution in [2.45, 2.75) is 18.9 Å². The number of imidazole rings is 1. The molecule has 2 aromatic rings. The summed E-state index contributed by atoms with van der Waals surface area (Å²) >= 11 is 1.47. The van der Waals surface area contributed by atoms with Gasteiger partial charge in [-0.25, -0.2) is 9.78 Å². The molecule has 0 saturated carbocycles. The lowest BCUT2D eigenvalue weighted by molar-refractivity contribution is -0.139. The van der Waals surface area contributed by atoms with Crippen LogP contribution in [-0.4, -0.2) is 64.1 Å². The van der Waals surface area contributed by atoms with E-state index in [-0.39, 0.29) is 29.3 Å². The topological polar surface area (TPSA) is 159 Å². The van der Waals surface area contributed by atoms with E-state index in [1.54, 1.807) is 7.11 Å². The minimum absolute atomic E-state index is 0.0489. The zero-order chi connectivity index (χ0) is 21.9. The Hall–Kier alpha value is -3.05. The van der Waals surface area contributed by atoms with Gasteiger partial charge in [-0.15, -0.1) is 0 Å². The standard InChI is InChI=1S/C19H25N5O5S/c1-29-3-2-4-30-10-17(25)23-14-6-12(5-13(20)7-14)18(26)24-16(19(27)28)8-15-9-21-11-22-15/h5-7,9,11,16H,2-4,8,10,20H2,1H3,(H,21,22)(H,23,25)(H,24,26)(H,27,28). The second-order valence-electron chi connectivity index (χ2n) is 6.44. The molecule has 1 aromatic heterocycles. The van der Waals surface area contributed by atoms with E-state index in [2.05, 4.69) is 20.6 Å². The Bertz CT molecular complexity index is 859. The molecule has 1 aromatic carbocycles. The van der Waals surface area contributed by atoms with Gasteiger partial charge in [0.25, 0.3) is 5.91 Å². The van der Waals surface area contributed by atoms with Crippen molar-refractivity contribution in [3.63, 3.8) is 0 Å². The zero-order valence-electron chi connectivity index (χ0n) is 16.5. The molecule has 30 heavy (non-hydrogen) atoms. The van der Waals surface area contributed by atoms with E-state index in [9.17, 15) is 19.5 Å². The second kappa shape index (κ2) is 11.8. The maximum Gasteiger partial charge on any atom is 0.326 e. The molecule has 0 spiro atoms. The largest absolute Gasteiger partial charge is 0.480 e. The van der Waals surface area contributed by atoms with Crippen LogP contribution >= 0.6 is 11.8 Å². The summed E-state index contributed by atoms with van der Waals surface area (Å²) in [5.74, 6) is -0.971. The number of aromatic amines is 1. The number of benzene rings is 1. The average Bonchev–Trinajstić information content (AvgIpc) is 3.20. The second-order valence-corrected chi connectivity index (χ2v) is 7.54. The number of carbonyl (C=O) groups excluding carboxylic acids is 2. The number of amides is 2. The third kappa shape index (κ3) is 7.76. The summed E-state index contributed by atoms with van der Waals surface area (Å²) in [5.41, 5.74) is 7.20. The first-order chi connectivity index (χ1) is 14.4. The lowest BCUT2D eigenvalue weighted by Gasteiger charge is -2.15. The minimum Gasteiger partial charge on any atom is -0.480 e. The summed E-state index contributed by atoms with van der Waals surface area (Å²) in [6.07, 6.45) is 3.82. The third-order valence-corrected chi connectivity index (χ3v) is 5.00. The quantitative estimate of drug-likeness (QED) is 0.245. The molecule has 1 atom stereocenters. The number of H-pyrrole nitrogens is 1. The van der Waals surface area contributed by atoms with Gasteiger partial charge in [-0.2, -0.15) is 11.8 Å². The van der Waals surface area contributed by atoms with Crippen LogP contribution < -0.4 is 16.4 Å². The molecule has 2 rings (SSSR count). The minimum atomic E-state index is -1.18. The van der Waals surface area contributed by atoms with Gasteiger partial charge in [0.05, 0.1) is 12.1 Å². The Morgan fingerprint density at radius 2 is 2.13 bits per heavy atom. The number of nitrogen functional groups attached to an aromatic ring is 1. The van der Waals surface area contributed by atoms with Crippen LogP contribution in [-0.2, 0) is 20.7 Å². The fourth-order valence-electron chi connectivity index (χ4n) is 2.58. The summed E-state index contributed by atoms with van der Waals surface area (Å²) in [5, 5.41) is 14.6. The normalized spacial score (nSPS) is 11.6. The number of hydrogen-bond donors (Lipinski definition) is 5.